The maximum Gasteiger partial charge on any atom is 0.202 e. The molecular formula is C28H33N7. The van der Waals surface area contributed by atoms with Crippen molar-refractivity contribution in [2.24, 2.45) is 10.7 Å². The predicted molar refractivity (Wildman–Crippen MR) is 142 cm³/mol. The Balaban J connectivity index is 1.39. The molecule has 0 aliphatic carbocycles. The van der Waals surface area contributed by atoms with Crippen LogP contribution in [-0.2, 0) is 12.1 Å². The molecule has 180 valence electrons. The van der Waals surface area contributed by atoms with Gasteiger partial charge in [0, 0.05) is 52.5 Å². The van der Waals surface area contributed by atoms with E-state index in [9.17, 15) is 0 Å². The Kier molecular flexibility index (Phi) is 6.42. The van der Waals surface area contributed by atoms with E-state index in [1.165, 1.54) is 11.1 Å². The van der Waals surface area contributed by atoms with Crippen molar-refractivity contribution >= 4 is 11.8 Å². The lowest BCUT2D eigenvalue weighted by molar-refractivity contribution is 0.352. The first-order valence-electron chi connectivity index (χ1n) is 12.1. The Morgan fingerprint density at radius 3 is 2.31 bits per heavy atom. The predicted octanol–water partition coefficient (Wildman–Crippen LogP) is 2.97. The normalized spacial score (nSPS) is 20.1. The van der Waals surface area contributed by atoms with E-state index >= 15 is 0 Å². The van der Waals surface area contributed by atoms with Gasteiger partial charge in [-0.2, -0.15) is 0 Å². The van der Waals surface area contributed by atoms with Crippen LogP contribution in [0.15, 0.2) is 95.9 Å². The van der Waals surface area contributed by atoms with Crippen molar-refractivity contribution < 1.29 is 0 Å². The number of hydrogen-bond acceptors (Lipinski definition) is 7. The standard InChI is InChI=1S/C28H33N7/c1-33(2)26-21-28(29,24-12-8-11-23(20-24)19-22-9-4-3-5-10-22)32-27(31-26)35-17-15-34(16-18-35)25-13-6-7-14-30-25/h3-14,20-21H,15-19,29H2,1-2H3,(H,31,32). The van der Waals surface area contributed by atoms with E-state index in [0.717, 1.165) is 55.8 Å². The van der Waals surface area contributed by atoms with Crippen LogP contribution >= 0.6 is 0 Å². The van der Waals surface area contributed by atoms with Crippen molar-refractivity contribution in [3.05, 3.63) is 108 Å². The van der Waals surface area contributed by atoms with E-state index in [-0.39, 0.29) is 0 Å². The van der Waals surface area contributed by atoms with Crippen molar-refractivity contribution in [1.82, 2.24) is 20.1 Å². The van der Waals surface area contributed by atoms with Crippen molar-refractivity contribution in [3.8, 4) is 0 Å². The average molecular weight is 468 g/mol. The summed E-state index contributed by atoms with van der Waals surface area (Å²) in [6, 6.07) is 25.0. The van der Waals surface area contributed by atoms with Gasteiger partial charge in [-0.3, -0.25) is 5.73 Å². The summed E-state index contributed by atoms with van der Waals surface area (Å²) in [6.45, 7) is 3.44. The smallest absolute Gasteiger partial charge is 0.202 e. The first-order chi connectivity index (χ1) is 17.0. The van der Waals surface area contributed by atoms with Gasteiger partial charge in [0.1, 0.15) is 11.6 Å². The van der Waals surface area contributed by atoms with Gasteiger partial charge in [-0.05, 0) is 35.2 Å². The minimum absolute atomic E-state index is 0.813. The highest BCUT2D eigenvalue weighted by Crippen LogP contribution is 2.28. The maximum absolute atomic E-state index is 7.01. The zero-order chi connectivity index (χ0) is 24.3. The maximum atomic E-state index is 7.01. The summed E-state index contributed by atoms with van der Waals surface area (Å²) in [4.78, 5) is 16.2. The third kappa shape index (κ3) is 5.15. The molecular weight excluding hydrogens is 434 g/mol. The lowest BCUT2D eigenvalue weighted by Crippen LogP contribution is -2.56. The van der Waals surface area contributed by atoms with Gasteiger partial charge in [-0.15, -0.1) is 0 Å². The molecule has 3 heterocycles. The molecule has 3 aromatic rings. The van der Waals surface area contributed by atoms with Gasteiger partial charge < -0.3 is 20.0 Å². The summed E-state index contributed by atoms with van der Waals surface area (Å²) in [5, 5.41) is 3.51. The zero-order valence-electron chi connectivity index (χ0n) is 20.4. The molecule has 5 rings (SSSR count). The number of piperazine rings is 1. The van der Waals surface area contributed by atoms with Gasteiger partial charge in [0.2, 0.25) is 5.96 Å². The van der Waals surface area contributed by atoms with Crippen LogP contribution in [0.1, 0.15) is 16.7 Å². The van der Waals surface area contributed by atoms with Crippen molar-refractivity contribution in [2.45, 2.75) is 12.1 Å². The van der Waals surface area contributed by atoms with Crippen LogP contribution in [0.4, 0.5) is 5.82 Å². The number of nitrogens with one attached hydrogen (secondary N) is 1. The molecule has 0 saturated carbocycles. The number of anilines is 1. The minimum Gasteiger partial charge on any atom is -0.364 e. The van der Waals surface area contributed by atoms with E-state index in [1.54, 1.807) is 0 Å². The fourth-order valence-electron chi connectivity index (χ4n) is 4.58. The first kappa shape index (κ1) is 22.9. The average Bonchev–Trinajstić information content (AvgIpc) is 2.90. The molecule has 2 aliphatic rings. The number of aromatic nitrogens is 1. The van der Waals surface area contributed by atoms with E-state index in [4.69, 9.17) is 10.7 Å². The van der Waals surface area contributed by atoms with E-state index < -0.39 is 5.66 Å². The lowest BCUT2D eigenvalue weighted by Gasteiger charge is -2.41. The summed E-state index contributed by atoms with van der Waals surface area (Å²) in [7, 11) is 4.04. The molecule has 2 aliphatic heterocycles. The van der Waals surface area contributed by atoms with Crippen molar-refractivity contribution in [1.29, 1.82) is 0 Å². The molecule has 3 N–H and O–H groups in total. The number of pyridine rings is 1. The third-order valence-corrected chi connectivity index (χ3v) is 6.56. The number of rotatable bonds is 5. The number of nitrogens with two attached hydrogens (primary N) is 1. The van der Waals surface area contributed by atoms with Gasteiger partial charge in [0.05, 0.1) is 0 Å². The summed E-state index contributed by atoms with van der Waals surface area (Å²) in [6.07, 6.45) is 4.72. The highest BCUT2D eigenvalue weighted by Gasteiger charge is 2.33. The molecule has 0 amide bonds. The van der Waals surface area contributed by atoms with Crippen molar-refractivity contribution in [3.63, 3.8) is 0 Å². The summed E-state index contributed by atoms with van der Waals surface area (Å²) in [5.41, 5.74) is 9.54. The summed E-state index contributed by atoms with van der Waals surface area (Å²) in [5.74, 6) is 2.77. The first-order valence-corrected chi connectivity index (χ1v) is 12.1. The Bertz CT molecular complexity index is 1200. The number of hydrogen-bond donors (Lipinski definition) is 2. The van der Waals surface area contributed by atoms with Gasteiger partial charge in [0.15, 0.2) is 5.66 Å². The molecule has 0 bridgehead atoms. The molecule has 0 radical (unpaired) electrons. The van der Waals surface area contributed by atoms with Crippen LogP contribution < -0.4 is 16.0 Å². The van der Waals surface area contributed by atoms with Crippen LogP contribution in [0.25, 0.3) is 0 Å². The quantitative estimate of drug-likeness (QED) is 0.601. The van der Waals surface area contributed by atoms with Crippen molar-refractivity contribution in [2.75, 3.05) is 45.2 Å². The molecule has 1 fully saturated rings. The fraction of sp³-hybridized carbons (Fsp3) is 0.286. The molecule has 35 heavy (non-hydrogen) atoms. The van der Waals surface area contributed by atoms with Crippen LogP contribution in [0.5, 0.6) is 0 Å². The molecule has 1 saturated heterocycles. The van der Waals surface area contributed by atoms with Gasteiger partial charge in [0.25, 0.3) is 0 Å². The summed E-state index contributed by atoms with van der Waals surface area (Å²) < 4.78 is 0. The minimum atomic E-state index is -0.953. The van der Waals surface area contributed by atoms with Gasteiger partial charge >= 0.3 is 0 Å². The van der Waals surface area contributed by atoms with Gasteiger partial charge in [-0.1, -0.05) is 60.7 Å². The van der Waals surface area contributed by atoms with Crippen LogP contribution in [0.3, 0.4) is 0 Å². The molecule has 1 atom stereocenters. The fourth-order valence-corrected chi connectivity index (χ4v) is 4.58. The number of nitrogens with zero attached hydrogens (tertiary/aromatic N) is 5. The van der Waals surface area contributed by atoms with E-state index in [1.807, 2.05) is 49.5 Å². The number of aliphatic imine (C=N–C) groups is 1. The van der Waals surface area contributed by atoms with E-state index in [0.29, 0.717) is 0 Å². The Labute approximate surface area is 207 Å². The lowest BCUT2D eigenvalue weighted by atomic mass is 9.95. The zero-order valence-corrected chi connectivity index (χ0v) is 20.4. The van der Waals surface area contributed by atoms with E-state index in [2.05, 4.69) is 74.7 Å². The molecule has 1 unspecified atom stereocenters. The Morgan fingerprint density at radius 1 is 0.886 bits per heavy atom. The van der Waals surface area contributed by atoms with Crippen LogP contribution in [0, 0.1) is 0 Å². The highest BCUT2D eigenvalue weighted by atomic mass is 15.4. The SMILES string of the molecule is CN(C)C1=CC(N)(c2cccc(Cc3ccccc3)c2)N=C(N2CCN(c3ccccn3)CC2)N1. The molecule has 0 spiro atoms. The summed E-state index contributed by atoms with van der Waals surface area (Å²) >= 11 is 0. The van der Waals surface area contributed by atoms with Gasteiger partial charge in [-0.25, -0.2) is 9.98 Å². The van der Waals surface area contributed by atoms with Crippen LogP contribution in [-0.4, -0.2) is 61.0 Å². The second-order valence-electron chi connectivity index (χ2n) is 9.33. The largest absolute Gasteiger partial charge is 0.364 e. The Morgan fingerprint density at radius 2 is 1.60 bits per heavy atom. The third-order valence-electron chi connectivity index (χ3n) is 6.56. The van der Waals surface area contributed by atoms with Crippen LogP contribution in [0.2, 0.25) is 0 Å². The molecule has 7 heteroatoms. The topological polar surface area (TPSA) is 73.0 Å². The highest BCUT2D eigenvalue weighted by molar-refractivity contribution is 5.83. The number of guanidine groups is 1. The number of benzene rings is 2. The monoisotopic (exact) mass is 467 g/mol. The molecule has 7 nitrogen and oxygen atoms in total. The second kappa shape index (κ2) is 9.80. The molecule has 2 aromatic carbocycles. The Hall–Kier alpha value is -3.84. The second-order valence-corrected chi connectivity index (χ2v) is 9.33. The molecule has 1 aromatic heterocycles.